The zero-order valence-electron chi connectivity index (χ0n) is 22.6. The minimum Gasteiger partial charge on any atom is -0.401 e. The fraction of sp³-hybridized carbons (Fsp3) is 0.517. The highest BCUT2D eigenvalue weighted by Crippen LogP contribution is 2.51. The predicted octanol–water partition coefficient (Wildman–Crippen LogP) is 6.19. The monoisotopic (exact) mass is 506 g/mol. The second-order valence-corrected chi connectivity index (χ2v) is 16.4. The minimum atomic E-state index is -2.28. The molecular formula is C29H42N4O2Si. The predicted molar refractivity (Wildman–Crippen MR) is 147 cm³/mol. The number of hydrogen-bond acceptors (Lipinski definition) is 5. The third-order valence-electron chi connectivity index (χ3n) is 7.96. The van der Waals surface area contributed by atoms with Gasteiger partial charge < -0.3 is 14.5 Å². The zero-order chi connectivity index (χ0) is 25.8. The summed E-state index contributed by atoms with van der Waals surface area (Å²) in [5.74, 6) is 0. The highest BCUT2D eigenvalue weighted by Gasteiger charge is 2.55. The Bertz CT molecular complexity index is 996. The fourth-order valence-corrected chi connectivity index (χ4v) is 12.0. The average molecular weight is 507 g/mol. The molecule has 0 aliphatic carbocycles. The van der Waals surface area contributed by atoms with E-state index in [2.05, 4.69) is 123 Å². The van der Waals surface area contributed by atoms with Crippen LogP contribution in [0.1, 0.15) is 64.8 Å². The van der Waals surface area contributed by atoms with E-state index >= 15 is 0 Å². The average Bonchev–Trinajstić information content (AvgIpc) is 3.57. The highest BCUT2D eigenvalue weighted by atomic mass is 28.4. The summed E-state index contributed by atoms with van der Waals surface area (Å²) < 4.78 is 14.1. The fourth-order valence-electron chi connectivity index (χ4n) is 6.40. The topological polar surface area (TPSA) is 72.1 Å². The molecule has 2 N–H and O–H groups in total. The van der Waals surface area contributed by atoms with Gasteiger partial charge in [0.15, 0.2) is 0 Å². The number of aromatic amines is 1. The third kappa shape index (κ3) is 5.07. The number of nitrogens with zero attached hydrogens (tertiary/aromatic N) is 2. The van der Waals surface area contributed by atoms with Crippen molar-refractivity contribution in [2.24, 2.45) is 0 Å². The molecule has 0 bridgehead atoms. The summed E-state index contributed by atoms with van der Waals surface area (Å²) in [6.07, 6.45) is 2.63. The smallest absolute Gasteiger partial charge is 0.202 e. The number of H-pyrrole nitrogens is 1. The highest BCUT2D eigenvalue weighted by molar-refractivity contribution is 6.77. The first-order valence-electron chi connectivity index (χ1n) is 13.3. The molecule has 2 atom stereocenters. The summed E-state index contributed by atoms with van der Waals surface area (Å²) in [6, 6.07) is 21.7. The van der Waals surface area contributed by atoms with Crippen molar-refractivity contribution in [1.82, 2.24) is 20.7 Å². The van der Waals surface area contributed by atoms with Gasteiger partial charge in [0.2, 0.25) is 8.32 Å². The van der Waals surface area contributed by atoms with E-state index in [1.54, 1.807) is 6.20 Å². The van der Waals surface area contributed by atoms with E-state index in [4.69, 9.17) is 9.16 Å². The number of benzene rings is 2. The van der Waals surface area contributed by atoms with Crippen LogP contribution in [0.25, 0.3) is 0 Å². The number of hydrogen-bond donors (Lipinski definition) is 2. The van der Waals surface area contributed by atoms with Gasteiger partial charge in [-0.2, -0.15) is 15.4 Å². The Morgan fingerprint density at radius 1 is 0.889 bits per heavy atom. The van der Waals surface area contributed by atoms with E-state index in [9.17, 15) is 0 Å². The van der Waals surface area contributed by atoms with Gasteiger partial charge in [0.25, 0.3) is 0 Å². The molecule has 1 aliphatic heterocycles. The molecule has 0 radical (unpaired) electrons. The van der Waals surface area contributed by atoms with E-state index in [0.29, 0.717) is 23.2 Å². The standard InChI is InChI=1S/C29H42N4O2Si/c1-21(2)36(22(3)4,23(5)6)35-29(24-13-9-7-10-14-24,25-15-11-8-12-16-25)28-17-27(19-30-28)34-20-26-18-31-33-32-26/h7-16,18,21-23,27-28,30H,17,19-20H2,1-6H3,(H,31,32,33)/t27-,28+/m1/s1. The van der Waals surface area contributed by atoms with Gasteiger partial charge in [-0.15, -0.1) is 0 Å². The van der Waals surface area contributed by atoms with Crippen LogP contribution in [0.2, 0.25) is 16.6 Å². The lowest BCUT2D eigenvalue weighted by Crippen LogP contribution is -2.59. The molecule has 2 aromatic carbocycles. The van der Waals surface area contributed by atoms with Crippen LogP contribution in [0, 0.1) is 0 Å². The van der Waals surface area contributed by atoms with Gasteiger partial charge in [-0.3, -0.25) is 0 Å². The molecule has 2 heterocycles. The molecule has 1 aromatic heterocycles. The van der Waals surface area contributed by atoms with Gasteiger partial charge in [-0.25, -0.2) is 0 Å². The van der Waals surface area contributed by atoms with Crippen molar-refractivity contribution < 1.29 is 9.16 Å². The van der Waals surface area contributed by atoms with Crippen LogP contribution < -0.4 is 5.32 Å². The van der Waals surface area contributed by atoms with Crippen molar-refractivity contribution in [3.8, 4) is 0 Å². The first-order valence-corrected chi connectivity index (χ1v) is 15.5. The Hall–Kier alpha value is -2.32. The number of rotatable bonds is 11. The summed E-state index contributed by atoms with van der Waals surface area (Å²) in [5, 5.41) is 14.6. The lowest BCUT2D eigenvalue weighted by Gasteiger charge is -2.52. The van der Waals surface area contributed by atoms with Gasteiger partial charge in [-0.05, 0) is 34.2 Å². The maximum Gasteiger partial charge on any atom is 0.202 e. The molecule has 0 amide bonds. The SMILES string of the molecule is CC(C)[Si](OC(c1ccccc1)(c1ccccc1)[C@@H]1C[C@@H](OCc2cn[nH]n2)CN1)(C(C)C)C(C)C. The van der Waals surface area contributed by atoms with Crippen LogP contribution >= 0.6 is 0 Å². The van der Waals surface area contributed by atoms with Crippen LogP contribution in [0.4, 0.5) is 0 Å². The van der Waals surface area contributed by atoms with Crippen molar-refractivity contribution in [2.75, 3.05) is 6.54 Å². The van der Waals surface area contributed by atoms with Gasteiger partial charge in [0.05, 0.1) is 18.9 Å². The van der Waals surface area contributed by atoms with Crippen molar-refractivity contribution in [2.45, 2.75) is 88.9 Å². The normalized spacial score (nSPS) is 19.0. The van der Waals surface area contributed by atoms with E-state index in [0.717, 1.165) is 18.7 Å². The van der Waals surface area contributed by atoms with Gasteiger partial charge in [0.1, 0.15) is 11.3 Å². The quantitative estimate of drug-likeness (QED) is 0.304. The summed E-state index contributed by atoms with van der Waals surface area (Å²) in [4.78, 5) is 0. The molecule has 0 saturated carbocycles. The van der Waals surface area contributed by atoms with E-state index in [-0.39, 0.29) is 12.1 Å². The lowest BCUT2D eigenvalue weighted by molar-refractivity contribution is 0.0266. The van der Waals surface area contributed by atoms with Crippen LogP contribution in [0.5, 0.6) is 0 Å². The first kappa shape index (κ1) is 26.7. The molecule has 0 unspecified atom stereocenters. The summed E-state index contributed by atoms with van der Waals surface area (Å²) in [7, 11) is -2.28. The summed E-state index contributed by atoms with van der Waals surface area (Å²) >= 11 is 0. The Morgan fingerprint density at radius 2 is 1.44 bits per heavy atom. The lowest BCUT2D eigenvalue weighted by atomic mass is 9.79. The van der Waals surface area contributed by atoms with Gasteiger partial charge in [0, 0.05) is 12.6 Å². The second kappa shape index (κ2) is 11.4. The Kier molecular flexibility index (Phi) is 8.45. The van der Waals surface area contributed by atoms with Crippen LogP contribution in [0.15, 0.2) is 66.9 Å². The molecule has 6 nitrogen and oxygen atoms in total. The molecular weight excluding hydrogens is 464 g/mol. The summed E-state index contributed by atoms with van der Waals surface area (Å²) in [6.45, 7) is 15.4. The zero-order valence-corrected chi connectivity index (χ0v) is 23.6. The largest absolute Gasteiger partial charge is 0.401 e. The maximum absolute atomic E-state index is 7.86. The second-order valence-electron chi connectivity index (χ2n) is 11.0. The Balaban J connectivity index is 1.81. The van der Waals surface area contributed by atoms with Crippen molar-refractivity contribution in [3.05, 3.63) is 83.7 Å². The first-order chi connectivity index (χ1) is 17.3. The van der Waals surface area contributed by atoms with Gasteiger partial charge in [-0.1, -0.05) is 102 Å². The van der Waals surface area contributed by atoms with Crippen LogP contribution in [0.3, 0.4) is 0 Å². The molecule has 1 saturated heterocycles. The Morgan fingerprint density at radius 3 is 1.92 bits per heavy atom. The van der Waals surface area contributed by atoms with E-state index in [1.165, 1.54) is 11.1 Å². The van der Waals surface area contributed by atoms with Crippen LogP contribution in [-0.2, 0) is 21.4 Å². The molecule has 0 spiro atoms. The van der Waals surface area contributed by atoms with E-state index < -0.39 is 13.9 Å². The molecule has 1 fully saturated rings. The van der Waals surface area contributed by atoms with E-state index in [1.807, 2.05) is 0 Å². The summed E-state index contributed by atoms with van der Waals surface area (Å²) in [5.41, 5.74) is 3.98. The molecule has 194 valence electrons. The molecule has 1 aliphatic rings. The van der Waals surface area contributed by atoms with Gasteiger partial charge >= 0.3 is 0 Å². The van der Waals surface area contributed by atoms with Crippen LogP contribution in [-0.4, -0.2) is 42.4 Å². The van der Waals surface area contributed by atoms with Crippen molar-refractivity contribution in [3.63, 3.8) is 0 Å². The maximum atomic E-state index is 7.86. The van der Waals surface area contributed by atoms with Crippen molar-refractivity contribution in [1.29, 1.82) is 0 Å². The van der Waals surface area contributed by atoms with Crippen molar-refractivity contribution >= 4 is 8.32 Å². The molecule has 7 heteroatoms. The number of nitrogens with one attached hydrogen (secondary N) is 2. The molecule has 4 rings (SSSR count). The minimum absolute atomic E-state index is 0.0627. The number of aromatic nitrogens is 3. The Labute approximate surface area is 217 Å². The molecule has 3 aromatic rings. The molecule has 36 heavy (non-hydrogen) atoms. The number of ether oxygens (including phenoxy) is 1. The third-order valence-corrected chi connectivity index (χ3v) is 14.1.